The van der Waals surface area contributed by atoms with E-state index in [1.54, 1.807) is 21.9 Å². The second kappa shape index (κ2) is 7.10. The highest BCUT2D eigenvalue weighted by molar-refractivity contribution is 7.89. The Kier molecular flexibility index (Phi) is 5.38. The zero-order chi connectivity index (χ0) is 17.0. The molecule has 0 bridgehead atoms. The summed E-state index contributed by atoms with van der Waals surface area (Å²) in [7, 11) is -3.70. The van der Waals surface area contributed by atoms with Crippen molar-refractivity contribution in [1.82, 2.24) is 14.5 Å². The maximum atomic E-state index is 12.1. The minimum absolute atomic E-state index is 0.0165. The molecular formula is C15H21N3O4S. The average Bonchev–Trinajstić information content (AvgIpc) is 2.53. The molecule has 8 heteroatoms. The van der Waals surface area contributed by atoms with Gasteiger partial charge in [0.05, 0.1) is 11.4 Å². The first-order chi connectivity index (χ1) is 10.8. The minimum atomic E-state index is -3.70. The van der Waals surface area contributed by atoms with Crippen LogP contribution in [0.1, 0.15) is 12.5 Å². The van der Waals surface area contributed by atoms with E-state index in [4.69, 9.17) is 0 Å². The summed E-state index contributed by atoms with van der Waals surface area (Å²) in [5.41, 5.74) is 0.961. The normalized spacial score (nSPS) is 15.6. The van der Waals surface area contributed by atoms with Crippen molar-refractivity contribution < 1.29 is 18.0 Å². The Bertz CT molecular complexity index is 677. The molecule has 2 amide bonds. The summed E-state index contributed by atoms with van der Waals surface area (Å²) in [5, 5.41) is 0. The highest BCUT2D eigenvalue weighted by Crippen LogP contribution is 2.10. The van der Waals surface area contributed by atoms with E-state index < -0.39 is 10.0 Å². The van der Waals surface area contributed by atoms with Gasteiger partial charge in [0.2, 0.25) is 21.8 Å². The lowest BCUT2D eigenvalue weighted by atomic mass is 10.2. The number of rotatable bonds is 4. The summed E-state index contributed by atoms with van der Waals surface area (Å²) < 4.78 is 26.6. The predicted octanol–water partition coefficient (Wildman–Crippen LogP) is -0.0360. The Hall–Kier alpha value is -1.93. The van der Waals surface area contributed by atoms with Crippen molar-refractivity contribution in [2.24, 2.45) is 0 Å². The first kappa shape index (κ1) is 17.4. The largest absolute Gasteiger partial charge is 0.339 e. The van der Waals surface area contributed by atoms with Gasteiger partial charge >= 0.3 is 0 Å². The van der Waals surface area contributed by atoms with Crippen LogP contribution in [0, 0.1) is 6.92 Å². The zero-order valence-electron chi connectivity index (χ0n) is 13.3. The monoisotopic (exact) mass is 339 g/mol. The summed E-state index contributed by atoms with van der Waals surface area (Å²) in [6.45, 7) is 4.88. The molecule has 2 rings (SSSR count). The number of aryl methyl sites for hydroxylation is 1. The van der Waals surface area contributed by atoms with Gasteiger partial charge in [0.1, 0.15) is 0 Å². The highest BCUT2D eigenvalue weighted by Gasteiger charge is 2.23. The molecule has 0 spiro atoms. The summed E-state index contributed by atoms with van der Waals surface area (Å²) in [6.07, 6.45) is 0. The molecule has 0 aliphatic carbocycles. The molecule has 1 aliphatic rings. The van der Waals surface area contributed by atoms with Crippen LogP contribution in [-0.2, 0) is 19.6 Å². The van der Waals surface area contributed by atoms with Gasteiger partial charge in [0.25, 0.3) is 0 Å². The molecule has 1 aliphatic heterocycles. The fourth-order valence-corrected chi connectivity index (χ4v) is 3.31. The Balaban J connectivity index is 1.89. The summed E-state index contributed by atoms with van der Waals surface area (Å²) in [6, 6.07) is 6.43. The van der Waals surface area contributed by atoms with Crippen molar-refractivity contribution in [1.29, 1.82) is 0 Å². The van der Waals surface area contributed by atoms with E-state index in [2.05, 4.69) is 4.72 Å². The predicted molar refractivity (Wildman–Crippen MR) is 85.2 cm³/mol. The lowest BCUT2D eigenvalue weighted by molar-refractivity contribution is -0.137. The van der Waals surface area contributed by atoms with E-state index in [9.17, 15) is 18.0 Å². The van der Waals surface area contributed by atoms with Gasteiger partial charge in [-0.15, -0.1) is 0 Å². The van der Waals surface area contributed by atoms with E-state index in [0.29, 0.717) is 26.2 Å². The fourth-order valence-electron chi connectivity index (χ4n) is 2.34. The molecule has 1 fully saturated rings. The van der Waals surface area contributed by atoms with Crippen LogP contribution >= 0.6 is 0 Å². The van der Waals surface area contributed by atoms with Crippen LogP contribution in [0.5, 0.6) is 0 Å². The summed E-state index contributed by atoms with van der Waals surface area (Å²) >= 11 is 0. The Morgan fingerprint density at radius 1 is 1.04 bits per heavy atom. The average molecular weight is 339 g/mol. The van der Waals surface area contributed by atoms with Crippen LogP contribution in [0.3, 0.4) is 0 Å². The number of benzene rings is 1. The maximum absolute atomic E-state index is 12.1. The van der Waals surface area contributed by atoms with Gasteiger partial charge in [-0.2, -0.15) is 0 Å². The third-order valence-electron chi connectivity index (χ3n) is 3.82. The molecule has 1 N–H and O–H groups in total. The number of piperazine rings is 1. The molecule has 1 saturated heterocycles. The smallest absolute Gasteiger partial charge is 0.241 e. The topological polar surface area (TPSA) is 86.8 Å². The molecule has 0 atom stereocenters. The number of carbonyl (C=O) groups is 2. The maximum Gasteiger partial charge on any atom is 0.241 e. The van der Waals surface area contributed by atoms with Crippen LogP contribution in [0.4, 0.5) is 0 Å². The van der Waals surface area contributed by atoms with Gasteiger partial charge in [-0.05, 0) is 19.1 Å². The molecule has 7 nitrogen and oxygen atoms in total. The van der Waals surface area contributed by atoms with Gasteiger partial charge in [-0.3, -0.25) is 9.59 Å². The van der Waals surface area contributed by atoms with Crippen LogP contribution < -0.4 is 4.72 Å². The first-order valence-corrected chi connectivity index (χ1v) is 8.87. The molecule has 0 saturated carbocycles. The van der Waals surface area contributed by atoms with Crippen molar-refractivity contribution in [3.8, 4) is 0 Å². The van der Waals surface area contributed by atoms with Crippen molar-refractivity contribution in [3.63, 3.8) is 0 Å². The standard InChI is InChI=1S/C15H21N3O4S/c1-12-3-5-14(6-4-12)23(21,22)16-11-15(20)18-9-7-17(8-10-18)13(2)19/h3-6,16H,7-11H2,1-2H3. The third kappa shape index (κ3) is 4.52. The molecule has 1 aromatic carbocycles. The number of nitrogens with one attached hydrogen (secondary N) is 1. The van der Waals surface area contributed by atoms with Gasteiger partial charge < -0.3 is 9.80 Å². The van der Waals surface area contributed by atoms with Gasteiger partial charge in [0.15, 0.2) is 0 Å². The van der Waals surface area contributed by atoms with Crippen molar-refractivity contribution in [3.05, 3.63) is 29.8 Å². The molecule has 1 aromatic rings. The van der Waals surface area contributed by atoms with E-state index in [1.165, 1.54) is 19.1 Å². The SMILES string of the molecule is CC(=O)N1CCN(C(=O)CNS(=O)(=O)c2ccc(C)cc2)CC1. The third-order valence-corrected chi connectivity index (χ3v) is 5.24. The number of hydrogen-bond donors (Lipinski definition) is 1. The van der Waals surface area contributed by atoms with Gasteiger partial charge in [-0.25, -0.2) is 13.1 Å². The summed E-state index contributed by atoms with van der Waals surface area (Å²) in [4.78, 5) is 26.7. The highest BCUT2D eigenvalue weighted by atomic mass is 32.2. The quantitative estimate of drug-likeness (QED) is 0.834. The number of sulfonamides is 1. The molecule has 0 unspecified atom stereocenters. The van der Waals surface area contributed by atoms with Gasteiger partial charge in [0, 0.05) is 33.1 Å². The molecule has 23 heavy (non-hydrogen) atoms. The zero-order valence-corrected chi connectivity index (χ0v) is 14.1. The van der Waals surface area contributed by atoms with Crippen molar-refractivity contribution in [2.75, 3.05) is 32.7 Å². The van der Waals surface area contributed by atoms with Crippen molar-refractivity contribution in [2.45, 2.75) is 18.7 Å². The lowest BCUT2D eigenvalue weighted by Crippen LogP contribution is -2.52. The summed E-state index contributed by atoms with van der Waals surface area (Å²) in [5.74, 6) is -0.305. The van der Waals surface area contributed by atoms with Crippen LogP contribution in [0.15, 0.2) is 29.2 Å². The Labute approximate surface area is 136 Å². The van der Waals surface area contributed by atoms with E-state index in [-0.39, 0.29) is 23.3 Å². The Morgan fingerprint density at radius 2 is 1.57 bits per heavy atom. The van der Waals surface area contributed by atoms with E-state index >= 15 is 0 Å². The molecule has 0 aromatic heterocycles. The van der Waals surface area contributed by atoms with Crippen LogP contribution in [0.25, 0.3) is 0 Å². The molecule has 126 valence electrons. The number of nitrogens with zero attached hydrogens (tertiary/aromatic N) is 2. The fraction of sp³-hybridized carbons (Fsp3) is 0.467. The van der Waals surface area contributed by atoms with E-state index in [1.807, 2.05) is 6.92 Å². The number of hydrogen-bond acceptors (Lipinski definition) is 4. The van der Waals surface area contributed by atoms with Gasteiger partial charge in [-0.1, -0.05) is 17.7 Å². The first-order valence-electron chi connectivity index (χ1n) is 7.39. The number of amides is 2. The minimum Gasteiger partial charge on any atom is -0.339 e. The number of carbonyl (C=O) groups excluding carboxylic acids is 2. The lowest BCUT2D eigenvalue weighted by Gasteiger charge is -2.34. The second-order valence-corrected chi connectivity index (χ2v) is 7.29. The van der Waals surface area contributed by atoms with Crippen LogP contribution in [-0.4, -0.2) is 62.8 Å². The molecule has 0 radical (unpaired) electrons. The molecular weight excluding hydrogens is 318 g/mol. The van der Waals surface area contributed by atoms with Crippen molar-refractivity contribution >= 4 is 21.8 Å². The second-order valence-electron chi connectivity index (χ2n) is 5.52. The van der Waals surface area contributed by atoms with Crippen LogP contribution in [0.2, 0.25) is 0 Å². The molecule has 1 heterocycles. The van der Waals surface area contributed by atoms with E-state index in [0.717, 1.165) is 5.56 Å². The Morgan fingerprint density at radius 3 is 2.09 bits per heavy atom.